The Balaban J connectivity index is 2.33. The summed E-state index contributed by atoms with van der Waals surface area (Å²) in [6.45, 7) is 20.0. The molecule has 0 bridgehead atoms. The van der Waals surface area contributed by atoms with Crippen LogP contribution in [0.15, 0.2) is 30.3 Å². The van der Waals surface area contributed by atoms with E-state index in [1.807, 2.05) is 112 Å². The quantitative estimate of drug-likeness (QED) is 0.151. The number of Topliss-reactive ketones (excluding diaryl/α,β-unsaturated/α-hetero) is 1. The van der Waals surface area contributed by atoms with Crippen LogP contribution < -0.4 is 10.6 Å². The molecule has 4 unspecified atom stereocenters. The first-order valence-electron chi connectivity index (χ1n) is 21.2. The number of likely N-dealkylation sites (N-methyl/N-ethyl adjacent to an activating group) is 2. The molecule has 324 valence electrons. The predicted octanol–water partition coefficient (Wildman–Crippen LogP) is 5.37. The van der Waals surface area contributed by atoms with E-state index < -0.39 is 47.7 Å². The fraction of sp³-hybridized carbons (Fsp3) is 0.756. The number of carbonyl (C=O) groups is 5. The van der Waals surface area contributed by atoms with E-state index in [0.717, 1.165) is 18.4 Å². The molecule has 0 spiro atoms. The highest BCUT2D eigenvalue weighted by Gasteiger charge is 2.44. The van der Waals surface area contributed by atoms with Crippen molar-refractivity contribution in [1.29, 1.82) is 0 Å². The molecule has 1 heterocycles. The Morgan fingerprint density at radius 2 is 1.49 bits per heavy atom. The molecule has 1 aromatic carbocycles. The van der Waals surface area contributed by atoms with Gasteiger partial charge in [-0.05, 0) is 63.1 Å². The number of amides is 4. The van der Waals surface area contributed by atoms with E-state index in [4.69, 9.17) is 9.47 Å². The maximum Gasteiger partial charge on any atom is 0.245 e. The van der Waals surface area contributed by atoms with Crippen molar-refractivity contribution in [3.8, 4) is 0 Å². The Kier molecular flexibility index (Phi) is 19.8. The van der Waals surface area contributed by atoms with Crippen molar-refractivity contribution in [3.63, 3.8) is 0 Å². The molecule has 9 atom stereocenters. The number of methoxy groups -OCH3 is 2. The highest BCUT2D eigenvalue weighted by atomic mass is 16.5. The minimum absolute atomic E-state index is 0.0190. The molecule has 1 fully saturated rings. The largest absolute Gasteiger partial charge is 0.379 e. The number of benzene rings is 1. The van der Waals surface area contributed by atoms with Crippen LogP contribution in [0.5, 0.6) is 0 Å². The zero-order valence-electron chi connectivity index (χ0n) is 37.9. The molecule has 1 aromatic rings. The summed E-state index contributed by atoms with van der Waals surface area (Å²) in [7, 11) is 8.58. The molecule has 2 rings (SSSR count). The van der Waals surface area contributed by atoms with Gasteiger partial charge in [0.1, 0.15) is 6.04 Å². The summed E-state index contributed by atoms with van der Waals surface area (Å²) in [4.78, 5) is 75.2. The van der Waals surface area contributed by atoms with Crippen molar-refractivity contribution in [2.45, 2.75) is 150 Å². The van der Waals surface area contributed by atoms with Crippen LogP contribution in [0.2, 0.25) is 0 Å². The lowest BCUT2D eigenvalue weighted by Crippen LogP contribution is -2.59. The number of hydrogen-bond acceptors (Lipinski definition) is 8. The fourth-order valence-corrected chi connectivity index (χ4v) is 8.42. The molecule has 2 N–H and O–H groups in total. The summed E-state index contributed by atoms with van der Waals surface area (Å²) in [5.74, 6) is -1.73. The first-order chi connectivity index (χ1) is 26.7. The summed E-state index contributed by atoms with van der Waals surface area (Å²) in [5.41, 5.74) is 0.331. The number of rotatable bonds is 23. The second kappa shape index (κ2) is 22.7. The van der Waals surface area contributed by atoms with E-state index in [1.165, 1.54) is 0 Å². The predicted molar refractivity (Wildman–Crippen MR) is 226 cm³/mol. The third-order valence-electron chi connectivity index (χ3n) is 12.4. The van der Waals surface area contributed by atoms with Gasteiger partial charge < -0.3 is 29.9 Å². The summed E-state index contributed by atoms with van der Waals surface area (Å²) in [6.07, 6.45) is 1.91. The molecule has 0 saturated carbocycles. The summed E-state index contributed by atoms with van der Waals surface area (Å²) < 4.78 is 12.1. The van der Waals surface area contributed by atoms with Crippen molar-refractivity contribution >= 4 is 29.4 Å². The van der Waals surface area contributed by atoms with Crippen LogP contribution in [0.1, 0.15) is 107 Å². The van der Waals surface area contributed by atoms with Gasteiger partial charge in [0, 0.05) is 33.2 Å². The Labute approximate surface area is 344 Å². The standard InChI is InChI=1S/C45H77N5O7/c1-16-30(7)39(49(13)44(55)37(28(3)4)47-43(54)38(29(5)6)48(11)12)35(56-14)27-36(51)50-25-21-24-34(50)40(57-15)31(8)42(53)46-33(41(52)45(9,10)17-2)26-32-22-19-18-20-23-32/h18-20,22-23,28-31,33-35,37-40H,16-17,21,24-27H2,1-15H3,(H,46,53)(H,47,54)/t30-,31+,33-,34?,35+,37?,38?,39?,40+/m0/s1. The highest BCUT2D eigenvalue weighted by molar-refractivity contribution is 5.93. The van der Waals surface area contributed by atoms with Crippen molar-refractivity contribution in [2.75, 3.05) is 41.9 Å². The van der Waals surface area contributed by atoms with Gasteiger partial charge in [0.15, 0.2) is 5.78 Å². The number of ketones is 1. The zero-order chi connectivity index (χ0) is 43.4. The van der Waals surface area contributed by atoms with Gasteiger partial charge in [-0.15, -0.1) is 0 Å². The Morgan fingerprint density at radius 3 is 1.98 bits per heavy atom. The molecule has 0 radical (unpaired) electrons. The molecular formula is C45H77N5O7. The Morgan fingerprint density at radius 1 is 0.877 bits per heavy atom. The average molecular weight is 800 g/mol. The van der Waals surface area contributed by atoms with Gasteiger partial charge >= 0.3 is 0 Å². The molecule has 12 nitrogen and oxygen atoms in total. The zero-order valence-corrected chi connectivity index (χ0v) is 37.9. The monoisotopic (exact) mass is 800 g/mol. The molecule has 0 aliphatic carbocycles. The molecule has 1 saturated heterocycles. The third-order valence-corrected chi connectivity index (χ3v) is 12.4. The number of ether oxygens (including phenoxy) is 2. The van der Waals surface area contributed by atoms with E-state index in [1.54, 1.807) is 38.0 Å². The van der Waals surface area contributed by atoms with Crippen LogP contribution in [0.25, 0.3) is 0 Å². The molecule has 1 aliphatic rings. The molecular weight excluding hydrogens is 723 g/mol. The van der Waals surface area contributed by atoms with Gasteiger partial charge in [-0.3, -0.25) is 28.9 Å². The number of nitrogens with zero attached hydrogens (tertiary/aromatic N) is 3. The SMILES string of the molecule is CC[C@H](C)C([C@@H](CC(=O)N1CCCC1[C@H](OC)[C@@H](C)C(=O)N[C@@H](Cc1ccccc1)C(=O)C(C)(C)CC)OC)N(C)C(=O)C(NC(=O)C(C(C)C)N(C)C)C(C)C. The lowest BCUT2D eigenvalue weighted by molar-refractivity contribution is -0.148. The first kappa shape index (κ1) is 49.8. The number of hydrogen-bond donors (Lipinski definition) is 2. The van der Waals surface area contributed by atoms with Gasteiger partial charge in [-0.2, -0.15) is 0 Å². The maximum absolute atomic E-state index is 14.3. The Hall–Kier alpha value is -3.35. The second-order valence-electron chi connectivity index (χ2n) is 17.8. The number of carbonyl (C=O) groups excluding carboxylic acids is 5. The average Bonchev–Trinajstić information content (AvgIpc) is 3.65. The Bertz CT molecular complexity index is 1440. The number of likely N-dealkylation sites (tertiary alicyclic amines) is 1. The first-order valence-corrected chi connectivity index (χ1v) is 21.2. The van der Waals surface area contributed by atoms with Crippen LogP contribution in [-0.4, -0.2) is 128 Å². The summed E-state index contributed by atoms with van der Waals surface area (Å²) in [5, 5.41) is 6.12. The highest BCUT2D eigenvalue weighted by Crippen LogP contribution is 2.30. The van der Waals surface area contributed by atoms with E-state index in [9.17, 15) is 24.0 Å². The minimum Gasteiger partial charge on any atom is -0.379 e. The topological polar surface area (TPSA) is 138 Å². The van der Waals surface area contributed by atoms with Gasteiger partial charge in [-0.1, -0.05) is 106 Å². The van der Waals surface area contributed by atoms with E-state index in [-0.39, 0.29) is 59.6 Å². The van der Waals surface area contributed by atoms with E-state index in [0.29, 0.717) is 25.8 Å². The molecule has 57 heavy (non-hydrogen) atoms. The van der Waals surface area contributed by atoms with Gasteiger partial charge in [0.05, 0.1) is 48.7 Å². The van der Waals surface area contributed by atoms with Crippen molar-refractivity contribution in [3.05, 3.63) is 35.9 Å². The fourth-order valence-electron chi connectivity index (χ4n) is 8.42. The van der Waals surface area contributed by atoms with Crippen LogP contribution in [0.3, 0.4) is 0 Å². The van der Waals surface area contributed by atoms with E-state index in [2.05, 4.69) is 10.6 Å². The lowest BCUT2D eigenvalue weighted by atomic mass is 9.80. The second-order valence-corrected chi connectivity index (χ2v) is 17.8. The molecule has 1 aliphatic heterocycles. The van der Waals surface area contributed by atoms with Crippen LogP contribution in [0, 0.1) is 29.1 Å². The smallest absolute Gasteiger partial charge is 0.245 e. The lowest BCUT2D eigenvalue weighted by Gasteiger charge is -2.41. The number of nitrogens with one attached hydrogen (secondary N) is 2. The van der Waals surface area contributed by atoms with Crippen molar-refractivity contribution in [2.24, 2.45) is 29.1 Å². The van der Waals surface area contributed by atoms with Gasteiger partial charge in [0.25, 0.3) is 0 Å². The van der Waals surface area contributed by atoms with E-state index >= 15 is 0 Å². The van der Waals surface area contributed by atoms with Crippen molar-refractivity contribution in [1.82, 2.24) is 25.3 Å². The van der Waals surface area contributed by atoms with Crippen LogP contribution in [-0.2, 0) is 39.9 Å². The normalized spacial score (nSPS) is 19.1. The van der Waals surface area contributed by atoms with Crippen LogP contribution >= 0.6 is 0 Å². The third kappa shape index (κ3) is 13.1. The molecule has 0 aromatic heterocycles. The maximum atomic E-state index is 14.3. The molecule has 4 amide bonds. The molecule has 12 heteroatoms. The van der Waals surface area contributed by atoms with Crippen molar-refractivity contribution < 1.29 is 33.4 Å². The summed E-state index contributed by atoms with van der Waals surface area (Å²) in [6, 6.07) is 6.96. The van der Waals surface area contributed by atoms with Crippen LogP contribution in [0.4, 0.5) is 0 Å². The summed E-state index contributed by atoms with van der Waals surface area (Å²) >= 11 is 0. The van der Waals surface area contributed by atoms with Gasteiger partial charge in [-0.25, -0.2) is 0 Å². The minimum atomic E-state index is -0.767. The van der Waals surface area contributed by atoms with Gasteiger partial charge in [0.2, 0.25) is 23.6 Å².